The minimum absolute atomic E-state index is 1.14. The zero-order chi connectivity index (χ0) is 8.49. The first-order valence-corrected chi connectivity index (χ1v) is 5.22. The second-order valence-electron chi connectivity index (χ2n) is 3.46. The zero-order valence-corrected chi connectivity index (χ0v) is 7.89. The maximum Gasteiger partial charge on any atom is -0.0276 e. The van der Waals surface area contributed by atoms with Crippen molar-refractivity contribution >= 4 is 0 Å². The lowest BCUT2D eigenvalue weighted by Gasteiger charge is -1.99. The molecule has 67 valence electrons. The van der Waals surface area contributed by atoms with Gasteiger partial charge < -0.3 is 0 Å². The Morgan fingerprint density at radius 2 is 1.58 bits per heavy atom. The van der Waals surface area contributed by atoms with Gasteiger partial charge in [-0.15, -0.1) is 0 Å². The van der Waals surface area contributed by atoms with Gasteiger partial charge in [-0.3, -0.25) is 0 Å². The highest BCUT2D eigenvalue weighted by Crippen LogP contribution is 2.09. The number of hydrogen-bond acceptors (Lipinski definition) is 0. The van der Waals surface area contributed by atoms with Crippen LogP contribution in [0.15, 0.2) is 18.2 Å². The van der Waals surface area contributed by atoms with Crippen molar-refractivity contribution in [1.82, 2.24) is 0 Å². The Morgan fingerprint density at radius 3 is 2.50 bits per heavy atom. The van der Waals surface area contributed by atoms with Crippen LogP contribution in [0, 0.1) is 6.08 Å². The third kappa shape index (κ3) is 5.17. The van der Waals surface area contributed by atoms with Crippen molar-refractivity contribution in [1.29, 1.82) is 0 Å². The molecule has 0 nitrogen and oxygen atoms in total. The Balaban J connectivity index is 2.21. The first-order chi connectivity index (χ1) is 6.00. The van der Waals surface area contributed by atoms with Crippen LogP contribution in [0.25, 0.3) is 0 Å². The summed E-state index contributed by atoms with van der Waals surface area (Å²) in [7, 11) is 0. The summed E-state index contributed by atoms with van der Waals surface area (Å²) in [6.45, 7) is 0. The summed E-state index contributed by atoms with van der Waals surface area (Å²) in [6, 6.07) is 0. The standard InChI is InChI=1S/C12H19/c1-2-4-6-8-10-12-11-9-7-5-3-1/h1-3H,4,6-12H2. The van der Waals surface area contributed by atoms with E-state index in [2.05, 4.69) is 24.3 Å². The molecule has 0 aliphatic heterocycles. The minimum atomic E-state index is 1.14. The van der Waals surface area contributed by atoms with E-state index >= 15 is 0 Å². The molecule has 0 N–H and O–H groups in total. The number of hydrogen-bond donors (Lipinski definition) is 0. The molecule has 0 fully saturated rings. The lowest BCUT2D eigenvalue weighted by atomic mass is 10.1. The molecule has 0 spiro atoms. The molecule has 0 saturated heterocycles. The fourth-order valence-corrected chi connectivity index (χ4v) is 1.51. The van der Waals surface area contributed by atoms with Crippen LogP contribution in [0.2, 0.25) is 0 Å². The van der Waals surface area contributed by atoms with Crippen LogP contribution >= 0.6 is 0 Å². The summed E-state index contributed by atoms with van der Waals surface area (Å²) in [5, 5.41) is 0. The molecule has 1 aliphatic carbocycles. The summed E-state index contributed by atoms with van der Waals surface area (Å²) in [4.78, 5) is 0. The molecule has 0 heteroatoms. The molecule has 1 rings (SSSR count). The Labute approximate surface area is 76.4 Å². The predicted molar refractivity (Wildman–Crippen MR) is 53.9 cm³/mol. The van der Waals surface area contributed by atoms with Crippen molar-refractivity contribution in [3.8, 4) is 0 Å². The molecular weight excluding hydrogens is 144 g/mol. The van der Waals surface area contributed by atoms with Crippen molar-refractivity contribution in [2.24, 2.45) is 0 Å². The summed E-state index contributed by atoms with van der Waals surface area (Å²) in [5.41, 5.74) is 0. The normalized spacial score (nSPS) is 21.3. The highest BCUT2D eigenvalue weighted by molar-refractivity contribution is 4.98. The van der Waals surface area contributed by atoms with E-state index in [0.717, 1.165) is 6.42 Å². The van der Waals surface area contributed by atoms with Crippen LogP contribution in [0.3, 0.4) is 0 Å². The third-order valence-corrected chi connectivity index (χ3v) is 2.29. The van der Waals surface area contributed by atoms with Crippen molar-refractivity contribution in [2.75, 3.05) is 0 Å². The Bertz CT molecular complexity index is 124. The fraction of sp³-hybridized carbons (Fsp3) is 0.667. The lowest BCUT2D eigenvalue weighted by Crippen LogP contribution is -1.80. The molecule has 0 heterocycles. The van der Waals surface area contributed by atoms with Crippen LogP contribution in [0.4, 0.5) is 0 Å². The number of allylic oxidation sites excluding steroid dienone is 4. The summed E-state index contributed by atoms with van der Waals surface area (Å²) < 4.78 is 0. The highest BCUT2D eigenvalue weighted by Gasteiger charge is 1.90. The van der Waals surface area contributed by atoms with Gasteiger partial charge in [-0.05, 0) is 31.8 Å². The van der Waals surface area contributed by atoms with E-state index in [4.69, 9.17) is 0 Å². The van der Waals surface area contributed by atoms with Gasteiger partial charge in [-0.25, -0.2) is 0 Å². The molecule has 0 bridgehead atoms. The molecular formula is C12H19. The molecule has 0 amide bonds. The monoisotopic (exact) mass is 163 g/mol. The molecule has 0 atom stereocenters. The second-order valence-corrected chi connectivity index (χ2v) is 3.46. The van der Waals surface area contributed by atoms with Gasteiger partial charge in [-0.1, -0.05) is 43.9 Å². The Kier molecular flexibility index (Phi) is 5.70. The fourth-order valence-electron chi connectivity index (χ4n) is 1.51. The lowest BCUT2D eigenvalue weighted by molar-refractivity contribution is 0.597. The molecule has 0 aromatic heterocycles. The molecule has 12 heavy (non-hydrogen) atoms. The maximum atomic E-state index is 3.29. The van der Waals surface area contributed by atoms with Crippen LogP contribution in [-0.2, 0) is 0 Å². The number of rotatable bonds is 0. The SMILES string of the molecule is [C]1=CC=CCCCCCCCC1. The summed E-state index contributed by atoms with van der Waals surface area (Å²) in [5.74, 6) is 0. The van der Waals surface area contributed by atoms with Crippen LogP contribution in [0.5, 0.6) is 0 Å². The van der Waals surface area contributed by atoms with E-state index in [1.807, 2.05) is 0 Å². The summed E-state index contributed by atoms with van der Waals surface area (Å²) in [6.07, 6.45) is 20.5. The van der Waals surface area contributed by atoms with Crippen molar-refractivity contribution in [3.63, 3.8) is 0 Å². The molecule has 0 aromatic rings. The molecule has 0 saturated carbocycles. The minimum Gasteiger partial charge on any atom is -0.0845 e. The second kappa shape index (κ2) is 7.15. The smallest absolute Gasteiger partial charge is 0.0276 e. The van der Waals surface area contributed by atoms with Gasteiger partial charge in [-0.2, -0.15) is 0 Å². The van der Waals surface area contributed by atoms with Gasteiger partial charge in [0.05, 0.1) is 0 Å². The van der Waals surface area contributed by atoms with Crippen molar-refractivity contribution < 1.29 is 0 Å². The van der Waals surface area contributed by atoms with Gasteiger partial charge >= 0.3 is 0 Å². The molecule has 1 aliphatic rings. The van der Waals surface area contributed by atoms with E-state index in [1.54, 1.807) is 0 Å². The van der Waals surface area contributed by atoms with Gasteiger partial charge in [0, 0.05) is 0 Å². The first kappa shape index (κ1) is 9.57. The largest absolute Gasteiger partial charge is 0.0845 e. The topological polar surface area (TPSA) is 0 Å². The van der Waals surface area contributed by atoms with E-state index in [9.17, 15) is 0 Å². The predicted octanol–water partition coefficient (Wildman–Crippen LogP) is 4.04. The van der Waals surface area contributed by atoms with Crippen molar-refractivity contribution in [2.45, 2.75) is 51.4 Å². The molecule has 1 radical (unpaired) electrons. The van der Waals surface area contributed by atoms with Gasteiger partial charge in [0.2, 0.25) is 0 Å². The molecule has 0 unspecified atom stereocenters. The summed E-state index contributed by atoms with van der Waals surface area (Å²) >= 11 is 0. The van der Waals surface area contributed by atoms with Crippen LogP contribution in [0.1, 0.15) is 51.4 Å². The van der Waals surface area contributed by atoms with Crippen molar-refractivity contribution in [3.05, 3.63) is 24.3 Å². The zero-order valence-electron chi connectivity index (χ0n) is 7.89. The maximum absolute atomic E-state index is 3.29. The first-order valence-electron chi connectivity index (χ1n) is 5.22. The van der Waals surface area contributed by atoms with E-state index in [-0.39, 0.29) is 0 Å². The Hall–Kier alpha value is -0.520. The molecule has 0 aromatic carbocycles. The van der Waals surface area contributed by atoms with E-state index in [0.29, 0.717) is 0 Å². The van der Waals surface area contributed by atoms with Crippen LogP contribution in [-0.4, -0.2) is 0 Å². The van der Waals surface area contributed by atoms with Gasteiger partial charge in [0.15, 0.2) is 0 Å². The highest BCUT2D eigenvalue weighted by atomic mass is 14.0. The Morgan fingerprint density at radius 1 is 0.833 bits per heavy atom. The van der Waals surface area contributed by atoms with E-state index < -0.39 is 0 Å². The van der Waals surface area contributed by atoms with E-state index in [1.165, 1.54) is 44.9 Å². The van der Waals surface area contributed by atoms with Crippen LogP contribution < -0.4 is 0 Å². The third-order valence-electron chi connectivity index (χ3n) is 2.29. The quantitative estimate of drug-likeness (QED) is 0.505. The average molecular weight is 163 g/mol. The van der Waals surface area contributed by atoms with Gasteiger partial charge in [0.1, 0.15) is 0 Å². The average Bonchev–Trinajstić information content (AvgIpc) is 2.05. The van der Waals surface area contributed by atoms with Gasteiger partial charge in [0.25, 0.3) is 0 Å².